The summed E-state index contributed by atoms with van der Waals surface area (Å²) in [6, 6.07) is 46.7. The molecule has 0 aromatic heterocycles. The maximum absolute atomic E-state index is 5.88. The molecule has 0 saturated carbocycles. The smallest absolute Gasteiger partial charge is 0.131 e. The Bertz CT molecular complexity index is 1820. The van der Waals surface area contributed by atoms with Gasteiger partial charge in [-0.3, -0.25) is 5.32 Å². The molecule has 184 valence electrons. The Morgan fingerprint density at radius 2 is 1.05 bits per heavy atom. The summed E-state index contributed by atoms with van der Waals surface area (Å²) in [5, 5.41) is 12.3. The zero-order valence-electron chi connectivity index (χ0n) is 21.4. The molecule has 0 fully saturated rings. The van der Waals surface area contributed by atoms with Crippen LogP contribution in [0.2, 0.25) is 0 Å². The Balaban J connectivity index is 1.27. The van der Waals surface area contributed by atoms with Crippen molar-refractivity contribution in [2.45, 2.75) is 12.3 Å². The molecule has 1 aliphatic heterocycles. The normalized spacial score (nSPS) is 17.1. The fraction of sp³-hybridized carbons (Fsp3) is 0.0571. The molecule has 2 radical (unpaired) electrons. The summed E-state index contributed by atoms with van der Waals surface area (Å²) < 4.78 is 0. The van der Waals surface area contributed by atoms with Gasteiger partial charge in [0.15, 0.2) is 0 Å². The molecule has 0 aliphatic carbocycles. The number of amidine groups is 1. The first kappa shape index (κ1) is 23.5. The van der Waals surface area contributed by atoms with Gasteiger partial charge < -0.3 is 5.32 Å². The highest BCUT2D eigenvalue weighted by atomic mass is 15.3. The molecule has 2 atom stereocenters. The van der Waals surface area contributed by atoms with Gasteiger partial charge >= 0.3 is 0 Å². The number of aliphatic imine (C=N–C) groups is 1. The van der Waals surface area contributed by atoms with Crippen molar-refractivity contribution in [3.8, 4) is 11.1 Å². The first-order chi connectivity index (χ1) is 19.2. The topological polar surface area (TPSA) is 36.4 Å². The predicted molar refractivity (Wildman–Crippen MR) is 163 cm³/mol. The number of hydrogen-bond acceptors (Lipinski definition) is 3. The lowest BCUT2D eigenvalue weighted by atomic mass is 9.93. The van der Waals surface area contributed by atoms with Crippen LogP contribution >= 0.6 is 0 Å². The van der Waals surface area contributed by atoms with Gasteiger partial charge in [0.1, 0.15) is 26.0 Å². The van der Waals surface area contributed by atoms with Gasteiger partial charge in [-0.25, -0.2) is 4.99 Å². The predicted octanol–water partition coefficient (Wildman–Crippen LogP) is 6.79. The van der Waals surface area contributed by atoms with Crippen LogP contribution in [0.25, 0.3) is 32.7 Å². The fourth-order valence-corrected chi connectivity index (χ4v) is 5.31. The molecular weight excluding hydrogens is 473 g/mol. The Morgan fingerprint density at radius 3 is 1.74 bits per heavy atom. The standard InChI is InChI=1S/C35H26BN3/c36-32-19-17-26(18-20-32)25-9-13-27(14-10-25)33-37-34(30-15-11-23-5-1-3-7-28(23)21-30)39-35(38-33)31-16-12-24-6-2-4-8-29(24)22-31/h1-22,33-34,37H,(H,38,39). The third-order valence-electron chi connectivity index (χ3n) is 7.46. The van der Waals surface area contributed by atoms with Crippen LogP contribution in [0.4, 0.5) is 0 Å². The van der Waals surface area contributed by atoms with Crippen LogP contribution in [-0.2, 0) is 0 Å². The van der Waals surface area contributed by atoms with E-state index < -0.39 is 0 Å². The summed E-state index contributed by atoms with van der Waals surface area (Å²) in [6.07, 6.45) is -0.306. The van der Waals surface area contributed by atoms with Crippen molar-refractivity contribution in [3.05, 3.63) is 150 Å². The molecule has 39 heavy (non-hydrogen) atoms. The number of hydrogen-bond donors (Lipinski definition) is 2. The van der Waals surface area contributed by atoms with Crippen LogP contribution in [0, 0.1) is 0 Å². The molecule has 7 rings (SSSR count). The van der Waals surface area contributed by atoms with E-state index in [9.17, 15) is 0 Å². The van der Waals surface area contributed by atoms with Crippen LogP contribution in [0.3, 0.4) is 0 Å². The second-order valence-corrected chi connectivity index (χ2v) is 10.0. The van der Waals surface area contributed by atoms with Crippen LogP contribution in [0.5, 0.6) is 0 Å². The summed E-state index contributed by atoms with van der Waals surface area (Å²) >= 11 is 0. The molecule has 3 nitrogen and oxygen atoms in total. The zero-order valence-corrected chi connectivity index (χ0v) is 21.4. The second kappa shape index (κ2) is 9.90. The van der Waals surface area contributed by atoms with Crippen molar-refractivity contribution >= 4 is 40.7 Å². The minimum Gasteiger partial charge on any atom is -0.350 e. The lowest BCUT2D eigenvalue weighted by Crippen LogP contribution is -2.44. The Kier molecular flexibility index (Phi) is 5.95. The van der Waals surface area contributed by atoms with E-state index in [-0.39, 0.29) is 12.3 Å². The van der Waals surface area contributed by atoms with Gasteiger partial charge in [-0.2, -0.15) is 0 Å². The zero-order chi connectivity index (χ0) is 26.2. The van der Waals surface area contributed by atoms with E-state index in [1.54, 1.807) is 0 Å². The third kappa shape index (κ3) is 4.71. The van der Waals surface area contributed by atoms with Gasteiger partial charge in [-0.05, 0) is 55.9 Å². The molecule has 1 aliphatic rings. The average Bonchev–Trinajstić information content (AvgIpc) is 3.01. The van der Waals surface area contributed by atoms with Crippen molar-refractivity contribution in [2.75, 3.05) is 0 Å². The average molecular weight is 499 g/mol. The first-order valence-corrected chi connectivity index (χ1v) is 13.2. The number of nitrogens with one attached hydrogen (secondary N) is 2. The third-order valence-corrected chi connectivity index (χ3v) is 7.46. The molecule has 0 spiro atoms. The maximum Gasteiger partial charge on any atom is 0.131 e. The largest absolute Gasteiger partial charge is 0.350 e. The Morgan fingerprint density at radius 1 is 0.513 bits per heavy atom. The summed E-state index contributed by atoms with van der Waals surface area (Å²) in [4.78, 5) is 5.17. The molecular formula is C35H26BN3. The van der Waals surface area contributed by atoms with Gasteiger partial charge in [0.2, 0.25) is 0 Å². The van der Waals surface area contributed by atoms with Crippen molar-refractivity contribution in [1.82, 2.24) is 10.6 Å². The lowest BCUT2D eigenvalue weighted by Gasteiger charge is -2.32. The summed E-state index contributed by atoms with van der Waals surface area (Å²) in [6.45, 7) is 0. The first-order valence-electron chi connectivity index (χ1n) is 13.2. The molecule has 4 heteroatoms. The van der Waals surface area contributed by atoms with E-state index in [1.807, 2.05) is 12.1 Å². The van der Waals surface area contributed by atoms with Gasteiger partial charge in [0.25, 0.3) is 0 Å². The van der Waals surface area contributed by atoms with Crippen molar-refractivity contribution in [2.24, 2.45) is 4.99 Å². The monoisotopic (exact) mass is 499 g/mol. The van der Waals surface area contributed by atoms with Crippen LogP contribution in [-0.4, -0.2) is 13.7 Å². The number of rotatable bonds is 4. The molecule has 1 heterocycles. The van der Waals surface area contributed by atoms with E-state index in [0.29, 0.717) is 0 Å². The molecule has 0 amide bonds. The van der Waals surface area contributed by atoms with Gasteiger partial charge in [-0.1, -0.05) is 127 Å². The Labute approximate surface area is 229 Å². The van der Waals surface area contributed by atoms with Crippen LogP contribution < -0.4 is 16.1 Å². The van der Waals surface area contributed by atoms with Crippen molar-refractivity contribution in [3.63, 3.8) is 0 Å². The minimum atomic E-state index is -0.195. The van der Waals surface area contributed by atoms with Crippen molar-refractivity contribution < 1.29 is 0 Å². The van der Waals surface area contributed by atoms with Crippen LogP contribution in [0.1, 0.15) is 29.0 Å². The van der Waals surface area contributed by atoms with E-state index in [0.717, 1.165) is 39.1 Å². The van der Waals surface area contributed by atoms with Gasteiger partial charge in [0.05, 0.1) is 0 Å². The number of benzene rings is 6. The number of nitrogens with zero attached hydrogens (tertiary/aromatic N) is 1. The Hall–Kier alpha value is -4.67. The van der Waals surface area contributed by atoms with E-state index in [4.69, 9.17) is 12.8 Å². The lowest BCUT2D eigenvalue weighted by molar-refractivity contribution is 0.409. The second-order valence-electron chi connectivity index (χ2n) is 10.0. The molecule has 2 unspecified atom stereocenters. The minimum absolute atomic E-state index is 0.110. The van der Waals surface area contributed by atoms with Gasteiger partial charge in [-0.15, -0.1) is 0 Å². The molecule has 0 saturated heterocycles. The summed E-state index contributed by atoms with van der Waals surface area (Å²) in [7, 11) is 5.88. The van der Waals surface area contributed by atoms with Crippen LogP contribution in [0.15, 0.2) is 138 Å². The highest BCUT2D eigenvalue weighted by Crippen LogP contribution is 2.29. The summed E-state index contributed by atoms with van der Waals surface area (Å²) in [5.41, 5.74) is 6.43. The fourth-order valence-electron chi connectivity index (χ4n) is 5.31. The van der Waals surface area contributed by atoms with E-state index >= 15 is 0 Å². The number of fused-ring (bicyclic) bond motifs is 2. The molecule has 0 bridgehead atoms. The highest BCUT2D eigenvalue weighted by molar-refractivity contribution is 6.32. The van der Waals surface area contributed by atoms with Crippen molar-refractivity contribution in [1.29, 1.82) is 0 Å². The molecule has 6 aromatic carbocycles. The molecule has 2 N–H and O–H groups in total. The molecule has 6 aromatic rings. The van der Waals surface area contributed by atoms with E-state index in [1.165, 1.54) is 21.5 Å². The summed E-state index contributed by atoms with van der Waals surface area (Å²) in [5.74, 6) is 0.880. The SMILES string of the molecule is [B]c1ccc(-c2ccc(C3NC(c4ccc5ccccc5c4)=NC(c4ccc5ccccc5c4)N3)cc2)cc1. The maximum atomic E-state index is 5.88. The highest BCUT2D eigenvalue weighted by Gasteiger charge is 2.25. The van der Waals surface area contributed by atoms with E-state index in [2.05, 4.69) is 132 Å². The quantitative estimate of drug-likeness (QED) is 0.262. The van der Waals surface area contributed by atoms with Gasteiger partial charge in [0, 0.05) is 5.56 Å².